The van der Waals surface area contributed by atoms with E-state index < -0.39 is 28.5 Å². The summed E-state index contributed by atoms with van der Waals surface area (Å²) in [5.74, 6) is 2.29. The first-order valence-corrected chi connectivity index (χ1v) is 19.7. The van der Waals surface area contributed by atoms with Gasteiger partial charge in [-0.2, -0.15) is 0 Å². The van der Waals surface area contributed by atoms with E-state index in [4.69, 9.17) is 4.74 Å². The number of nitrogens with zero attached hydrogens (tertiary/aromatic N) is 2. The van der Waals surface area contributed by atoms with Gasteiger partial charge in [0.25, 0.3) is 0 Å². The lowest BCUT2D eigenvalue weighted by Crippen LogP contribution is -2.54. The highest BCUT2D eigenvalue weighted by atomic mass is 32.2. The molecule has 0 saturated heterocycles. The number of methoxy groups -OCH3 is 1. The van der Waals surface area contributed by atoms with E-state index in [1.165, 1.54) is 53.3 Å². The molecule has 0 spiro atoms. The molecule has 2 atom stereocenters. The van der Waals surface area contributed by atoms with E-state index in [0.29, 0.717) is 11.4 Å². The Morgan fingerprint density at radius 3 is 2.08 bits per heavy atom. The number of sulfonamides is 1. The van der Waals surface area contributed by atoms with Gasteiger partial charge >= 0.3 is 0 Å². The van der Waals surface area contributed by atoms with Crippen LogP contribution in [0.4, 0.5) is 5.69 Å². The van der Waals surface area contributed by atoms with Gasteiger partial charge in [0.15, 0.2) is 0 Å². The molecular formula is C40H51N3O5S. The van der Waals surface area contributed by atoms with E-state index in [-0.39, 0.29) is 30.3 Å². The summed E-state index contributed by atoms with van der Waals surface area (Å²) in [5, 5.41) is 3.08. The molecule has 8 nitrogen and oxygen atoms in total. The van der Waals surface area contributed by atoms with Gasteiger partial charge in [0, 0.05) is 19.0 Å². The Bertz CT molecular complexity index is 1690. The molecule has 4 aliphatic carbocycles. The first-order valence-electron chi connectivity index (χ1n) is 17.8. The van der Waals surface area contributed by atoms with Crippen LogP contribution >= 0.6 is 0 Å². The third-order valence-electron chi connectivity index (χ3n) is 11.2. The minimum absolute atomic E-state index is 0.0976. The Kier molecular flexibility index (Phi) is 10.4. The maximum absolute atomic E-state index is 14.5. The summed E-state index contributed by atoms with van der Waals surface area (Å²) in [6.45, 7) is 3.60. The summed E-state index contributed by atoms with van der Waals surface area (Å²) in [6, 6.07) is 23.9. The minimum Gasteiger partial charge on any atom is -0.497 e. The molecule has 0 aliphatic heterocycles. The summed E-state index contributed by atoms with van der Waals surface area (Å²) in [5.41, 5.74) is 3.59. The average Bonchev–Trinajstić information content (AvgIpc) is 3.08. The Morgan fingerprint density at radius 1 is 0.898 bits per heavy atom. The molecule has 262 valence electrons. The lowest BCUT2D eigenvalue weighted by atomic mass is 9.48. The molecule has 4 bridgehead atoms. The van der Waals surface area contributed by atoms with Crippen molar-refractivity contribution < 1.29 is 22.7 Å². The third kappa shape index (κ3) is 7.98. The largest absolute Gasteiger partial charge is 0.497 e. The fourth-order valence-electron chi connectivity index (χ4n) is 9.02. The van der Waals surface area contributed by atoms with Crippen molar-refractivity contribution in [3.8, 4) is 5.75 Å². The van der Waals surface area contributed by atoms with Gasteiger partial charge < -0.3 is 15.0 Å². The zero-order valence-corrected chi connectivity index (χ0v) is 30.1. The van der Waals surface area contributed by atoms with Crippen LogP contribution in [-0.4, -0.2) is 57.1 Å². The van der Waals surface area contributed by atoms with Gasteiger partial charge in [-0.25, -0.2) is 8.42 Å². The van der Waals surface area contributed by atoms with Crippen molar-refractivity contribution in [2.24, 2.45) is 17.8 Å². The van der Waals surface area contributed by atoms with Crippen LogP contribution in [0.5, 0.6) is 5.75 Å². The fraction of sp³-hybridized carbons (Fsp3) is 0.500. The van der Waals surface area contributed by atoms with Gasteiger partial charge in [0.05, 0.1) is 19.1 Å². The van der Waals surface area contributed by atoms with Crippen molar-refractivity contribution >= 4 is 27.5 Å². The average molecular weight is 686 g/mol. The fourth-order valence-corrected chi connectivity index (χ4v) is 9.87. The lowest BCUT2D eigenvalue weighted by molar-refractivity contribution is -0.140. The minimum atomic E-state index is -3.85. The molecule has 7 rings (SSSR count). The highest BCUT2D eigenvalue weighted by molar-refractivity contribution is 7.92. The molecule has 49 heavy (non-hydrogen) atoms. The number of carbonyl (C=O) groups is 2. The van der Waals surface area contributed by atoms with E-state index in [9.17, 15) is 18.0 Å². The summed E-state index contributed by atoms with van der Waals surface area (Å²) in [6.07, 6.45) is 9.85. The molecule has 2 amide bonds. The number of anilines is 1. The van der Waals surface area contributed by atoms with Crippen molar-refractivity contribution in [1.29, 1.82) is 0 Å². The van der Waals surface area contributed by atoms with Crippen molar-refractivity contribution in [1.82, 2.24) is 10.2 Å². The molecule has 0 radical (unpaired) electrons. The van der Waals surface area contributed by atoms with Crippen molar-refractivity contribution in [2.45, 2.75) is 89.3 Å². The van der Waals surface area contributed by atoms with Crippen LogP contribution in [0.1, 0.15) is 75.5 Å². The maximum atomic E-state index is 14.5. The van der Waals surface area contributed by atoms with E-state index >= 15 is 0 Å². The lowest BCUT2D eigenvalue weighted by Gasteiger charge is -2.57. The number of ether oxygens (including phenoxy) is 1. The van der Waals surface area contributed by atoms with Crippen molar-refractivity contribution in [2.75, 3.05) is 24.2 Å². The van der Waals surface area contributed by atoms with Crippen LogP contribution in [0.3, 0.4) is 0 Å². The summed E-state index contributed by atoms with van der Waals surface area (Å²) in [4.78, 5) is 30.0. The predicted octanol–water partition coefficient (Wildman–Crippen LogP) is 6.48. The molecule has 9 heteroatoms. The van der Waals surface area contributed by atoms with Crippen molar-refractivity contribution in [3.63, 3.8) is 0 Å². The van der Waals surface area contributed by atoms with Crippen molar-refractivity contribution in [3.05, 3.63) is 95.6 Å². The summed E-state index contributed by atoms with van der Waals surface area (Å²) >= 11 is 0. The molecule has 0 aromatic heterocycles. The zero-order chi connectivity index (χ0) is 34.8. The van der Waals surface area contributed by atoms with Gasteiger partial charge in [-0.3, -0.25) is 13.9 Å². The zero-order valence-electron chi connectivity index (χ0n) is 29.3. The molecular weight excluding hydrogens is 635 g/mol. The number of hydrogen-bond acceptors (Lipinski definition) is 5. The molecule has 0 heterocycles. The van der Waals surface area contributed by atoms with Gasteiger partial charge in [-0.1, -0.05) is 61.5 Å². The maximum Gasteiger partial charge on any atom is 0.244 e. The quantitative estimate of drug-likeness (QED) is 0.210. The number of hydrogen-bond donors (Lipinski definition) is 1. The summed E-state index contributed by atoms with van der Waals surface area (Å²) < 4.78 is 33.4. The predicted molar refractivity (Wildman–Crippen MR) is 194 cm³/mol. The van der Waals surface area contributed by atoms with Crippen LogP contribution in [0.25, 0.3) is 0 Å². The first-order chi connectivity index (χ1) is 23.5. The van der Waals surface area contributed by atoms with E-state index in [1.807, 2.05) is 80.6 Å². The number of benzene rings is 3. The normalized spacial score (nSPS) is 23.8. The molecule has 3 aromatic rings. The molecule has 1 N–H and O–H groups in total. The SMILES string of the molecule is CC[C@@H](C)NC(=O)[C@@H](Cc1ccccc1)N(Cc1cccc(OC)c1)C(=O)CN(c1ccc(C23CC4CC(CC(C4)C2)C3)cc1)S(C)(=O)=O. The Balaban J connectivity index is 1.31. The number of rotatable bonds is 14. The highest BCUT2D eigenvalue weighted by Crippen LogP contribution is 2.60. The number of amides is 2. The Labute approximate surface area is 292 Å². The monoisotopic (exact) mass is 685 g/mol. The Hall–Kier alpha value is -3.85. The van der Waals surface area contributed by atoms with Gasteiger partial charge in [0.2, 0.25) is 21.8 Å². The first kappa shape index (κ1) is 35.0. The standard InChI is InChI=1S/C40H51N3O5S/c1-5-28(2)41-39(45)37(22-29-10-7-6-8-11-29)42(26-30-12-9-13-36(21-30)48-3)38(44)27-43(49(4,46)47)35-16-14-34(15-17-35)40-23-31-18-32(24-40)20-33(19-31)25-40/h6-17,21,28,31-33,37H,5,18-20,22-27H2,1-4H3,(H,41,45)/t28-,31?,32?,33?,37-,40?/m1/s1. The van der Waals surface area contributed by atoms with Crippen LogP contribution in [0.15, 0.2) is 78.9 Å². The molecule has 0 unspecified atom stereocenters. The molecule has 4 saturated carbocycles. The van der Waals surface area contributed by atoms with Crippen LogP contribution in [0.2, 0.25) is 0 Å². The number of nitrogens with one attached hydrogen (secondary N) is 1. The number of carbonyl (C=O) groups excluding carboxylic acids is 2. The second kappa shape index (κ2) is 14.6. The highest BCUT2D eigenvalue weighted by Gasteiger charge is 2.51. The van der Waals surface area contributed by atoms with Gasteiger partial charge in [0.1, 0.15) is 18.3 Å². The van der Waals surface area contributed by atoms with Gasteiger partial charge in [-0.15, -0.1) is 0 Å². The van der Waals surface area contributed by atoms with Gasteiger partial charge in [-0.05, 0) is 116 Å². The van der Waals surface area contributed by atoms with E-state index in [0.717, 1.165) is 41.6 Å². The Morgan fingerprint density at radius 2 is 1.51 bits per heavy atom. The third-order valence-corrected chi connectivity index (χ3v) is 12.4. The molecule has 3 aromatic carbocycles. The summed E-state index contributed by atoms with van der Waals surface area (Å²) in [7, 11) is -2.27. The molecule has 4 fully saturated rings. The van der Waals surface area contributed by atoms with E-state index in [2.05, 4.69) is 17.4 Å². The molecule has 4 aliphatic rings. The topological polar surface area (TPSA) is 96.0 Å². The second-order valence-electron chi connectivity index (χ2n) is 14.9. The second-order valence-corrected chi connectivity index (χ2v) is 16.8. The van der Waals surface area contributed by atoms with Crippen LogP contribution < -0.4 is 14.4 Å². The van der Waals surface area contributed by atoms with Crippen LogP contribution in [0, 0.1) is 17.8 Å². The van der Waals surface area contributed by atoms with E-state index in [1.54, 1.807) is 7.11 Å². The smallest absolute Gasteiger partial charge is 0.244 e. The van der Waals surface area contributed by atoms with Crippen LogP contribution in [-0.2, 0) is 38.0 Å².